The molecule has 1 saturated carbocycles. The Kier molecular flexibility index (Phi) is 4.67. The summed E-state index contributed by atoms with van der Waals surface area (Å²) in [6, 6.07) is 9.70. The maximum Gasteiger partial charge on any atom is 0.101 e. The highest BCUT2D eigenvalue weighted by Gasteiger charge is 2.20. The zero-order valence-electron chi connectivity index (χ0n) is 13.0. The van der Waals surface area contributed by atoms with E-state index in [1.807, 2.05) is 6.07 Å². The van der Waals surface area contributed by atoms with Gasteiger partial charge < -0.3 is 10.2 Å². The van der Waals surface area contributed by atoms with Gasteiger partial charge in [0.15, 0.2) is 0 Å². The molecule has 0 radical (unpaired) electrons. The van der Waals surface area contributed by atoms with Crippen molar-refractivity contribution in [3.63, 3.8) is 0 Å². The Hall–Kier alpha value is -1.53. The molecule has 1 aromatic rings. The highest BCUT2D eigenvalue weighted by Crippen LogP contribution is 2.25. The van der Waals surface area contributed by atoms with E-state index in [9.17, 15) is 5.26 Å². The first-order chi connectivity index (χ1) is 9.52. The molecule has 1 aromatic carbocycles. The Labute approximate surface area is 122 Å². The molecule has 0 bridgehead atoms. The molecule has 1 atom stereocenters. The molecule has 0 saturated heterocycles. The normalized spacial score (nSPS) is 16.0. The van der Waals surface area contributed by atoms with E-state index in [1.165, 1.54) is 18.4 Å². The molecule has 1 aliphatic carbocycles. The smallest absolute Gasteiger partial charge is 0.101 e. The van der Waals surface area contributed by atoms with Crippen LogP contribution < -0.4 is 10.2 Å². The number of anilines is 1. The second kappa shape index (κ2) is 6.28. The SMILES string of the molecule is CC(C)C(C)N(C)c1ccc(CNC2CC2)cc1C#N. The molecule has 3 nitrogen and oxygen atoms in total. The Morgan fingerprint density at radius 1 is 1.35 bits per heavy atom. The van der Waals surface area contributed by atoms with Gasteiger partial charge in [0.05, 0.1) is 11.3 Å². The first-order valence-electron chi connectivity index (χ1n) is 7.52. The van der Waals surface area contributed by atoms with Crippen LogP contribution in [0, 0.1) is 17.2 Å². The molecule has 108 valence electrons. The quantitative estimate of drug-likeness (QED) is 0.863. The van der Waals surface area contributed by atoms with Crippen LogP contribution in [0.15, 0.2) is 18.2 Å². The minimum atomic E-state index is 0.414. The van der Waals surface area contributed by atoms with E-state index < -0.39 is 0 Å². The zero-order chi connectivity index (χ0) is 14.7. The number of nitrogens with zero attached hydrogens (tertiary/aromatic N) is 2. The van der Waals surface area contributed by atoms with Crippen LogP contribution in [-0.2, 0) is 6.54 Å². The molecule has 20 heavy (non-hydrogen) atoms. The van der Waals surface area contributed by atoms with Crippen LogP contribution in [0.5, 0.6) is 0 Å². The van der Waals surface area contributed by atoms with Crippen LogP contribution in [0.4, 0.5) is 5.69 Å². The van der Waals surface area contributed by atoms with Gasteiger partial charge in [0.25, 0.3) is 0 Å². The lowest BCUT2D eigenvalue weighted by Crippen LogP contribution is -2.33. The molecule has 0 spiro atoms. The van der Waals surface area contributed by atoms with E-state index in [0.29, 0.717) is 18.0 Å². The monoisotopic (exact) mass is 271 g/mol. The molecular formula is C17H25N3. The lowest BCUT2D eigenvalue weighted by Gasteiger charge is -2.30. The Morgan fingerprint density at radius 2 is 2.05 bits per heavy atom. The third kappa shape index (κ3) is 3.52. The molecule has 2 rings (SSSR count). The van der Waals surface area contributed by atoms with Crippen molar-refractivity contribution in [2.45, 2.75) is 52.2 Å². The Bertz CT molecular complexity index is 497. The van der Waals surface area contributed by atoms with Crippen molar-refractivity contribution < 1.29 is 0 Å². The molecular weight excluding hydrogens is 246 g/mol. The minimum Gasteiger partial charge on any atom is -0.371 e. The van der Waals surface area contributed by atoms with Gasteiger partial charge in [-0.3, -0.25) is 0 Å². The maximum absolute atomic E-state index is 9.40. The highest BCUT2D eigenvalue weighted by molar-refractivity contribution is 5.60. The van der Waals surface area contributed by atoms with Crippen molar-refractivity contribution in [1.29, 1.82) is 5.26 Å². The third-order valence-electron chi connectivity index (χ3n) is 4.31. The van der Waals surface area contributed by atoms with Crippen molar-refractivity contribution in [2.24, 2.45) is 5.92 Å². The average molecular weight is 271 g/mol. The number of rotatable bonds is 6. The molecule has 0 aromatic heterocycles. The number of nitriles is 1. The van der Waals surface area contributed by atoms with Gasteiger partial charge >= 0.3 is 0 Å². The fourth-order valence-corrected chi connectivity index (χ4v) is 2.31. The summed E-state index contributed by atoms with van der Waals surface area (Å²) in [6.07, 6.45) is 2.58. The van der Waals surface area contributed by atoms with Crippen LogP contribution in [-0.4, -0.2) is 19.1 Å². The van der Waals surface area contributed by atoms with Gasteiger partial charge in [0.2, 0.25) is 0 Å². The lowest BCUT2D eigenvalue weighted by atomic mass is 10.0. The van der Waals surface area contributed by atoms with Crippen LogP contribution in [0.2, 0.25) is 0 Å². The lowest BCUT2D eigenvalue weighted by molar-refractivity contribution is 0.505. The summed E-state index contributed by atoms with van der Waals surface area (Å²) in [5.41, 5.74) is 3.00. The largest absolute Gasteiger partial charge is 0.371 e. The summed E-state index contributed by atoms with van der Waals surface area (Å²) < 4.78 is 0. The third-order valence-corrected chi connectivity index (χ3v) is 4.31. The first-order valence-corrected chi connectivity index (χ1v) is 7.52. The van der Waals surface area contributed by atoms with Gasteiger partial charge in [-0.05, 0) is 43.4 Å². The standard InChI is InChI=1S/C17H25N3/c1-12(2)13(3)20(4)17-8-5-14(9-15(17)10-18)11-19-16-6-7-16/h5,8-9,12-13,16,19H,6-7,11H2,1-4H3. The fraction of sp³-hybridized carbons (Fsp3) is 0.588. The van der Waals surface area contributed by atoms with E-state index in [1.54, 1.807) is 0 Å². The van der Waals surface area contributed by atoms with Gasteiger partial charge in [-0.25, -0.2) is 0 Å². The summed E-state index contributed by atoms with van der Waals surface area (Å²) in [6.45, 7) is 7.49. The summed E-state index contributed by atoms with van der Waals surface area (Å²) >= 11 is 0. The maximum atomic E-state index is 9.40. The van der Waals surface area contributed by atoms with E-state index in [4.69, 9.17) is 0 Å². The van der Waals surface area contributed by atoms with Crippen molar-refractivity contribution >= 4 is 5.69 Å². The zero-order valence-corrected chi connectivity index (χ0v) is 13.0. The second-order valence-electron chi connectivity index (χ2n) is 6.21. The van der Waals surface area contributed by atoms with Gasteiger partial charge in [-0.1, -0.05) is 19.9 Å². The summed E-state index contributed by atoms with van der Waals surface area (Å²) in [5, 5.41) is 12.9. The van der Waals surface area contributed by atoms with E-state index in [-0.39, 0.29) is 0 Å². The number of benzene rings is 1. The van der Waals surface area contributed by atoms with Crippen LogP contribution >= 0.6 is 0 Å². The van der Waals surface area contributed by atoms with Crippen molar-refractivity contribution in [2.75, 3.05) is 11.9 Å². The van der Waals surface area contributed by atoms with Gasteiger partial charge in [0.1, 0.15) is 6.07 Å². The molecule has 0 amide bonds. The van der Waals surface area contributed by atoms with E-state index in [2.05, 4.69) is 56.2 Å². The molecule has 1 fully saturated rings. The van der Waals surface area contributed by atoms with Gasteiger partial charge in [-0.15, -0.1) is 0 Å². The van der Waals surface area contributed by atoms with Crippen LogP contribution in [0.1, 0.15) is 44.7 Å². The summed E-state index contributed by atoms with van der Waals surface area (Å²) in [5.74, 6) is 0.558. The topological polar surface area (TPSA) is 39.1 Å². The number of hydrogen-bond donors (Lipinski definition) is 1. The predicted molar refractivity (Wildman–Crippen MR) is 83.7 cm³/mol. The van der Waals surface area contributed by atoms with Gasteiger partial charge in [0, 0.05) is 25.7 Å². The molecule has 1 unspecified atom stereocenters. The van der Waals surface area contributed by atoms with Crippen molar-refractivity contribution in [1.82, 2.24) is 5.32 Å². The Balaban J connectivity index is 2.14. The Morgan fingerprint density at radius 3 is 2.60 bits per heavy atom. The molecule has 0 heterocycles. The van der Waals surface area contributed by atoms with E-state index in [0.717, 1.165) is 17.8 Å². The number of nitrogens with one attached hydrogen (secondary N) is 1. The molecule has 3 heteroatoms. The summed E-state index contributed by atoms with van der Waals surface area (Å²) in [7, 11) is 2.07. The first kappa shape index (κ1) is 14.9. The van der Waals surface area contributed by atoms with Crippen molar-refractivity contribution in [3.05, 3.63) is 29.3 Å². The van der Waals surface area contributed by atoms with Crippen LogP contribution in [0.3, 0.4) is 0 Å². The molecule has 0 aliphatic heterocycles. The van der Waals surface area contributed by atoms with E-state index >= 15 is 0 Å². The van der Waals surface area contributed by atoms with Crippen LogP contribution in [0.25, 0.3) is 0 Å². The summed E-state index contributed by atoms with van der Waals surface area (Å²) in [4.78, 5) is 2.21. The number of hydrogen-bond acceptors (Lipinski definition) is 3. The fourth-order valence-electron chi connectivity index (χ4n) is 2.31. The van der Waals surface area contributed by atoms with Gasteiger partial charge in [-0.2, -0.15) is 5.26 Å². The predicted octanol–water partition coefficient (Wildman–Crippen LogP) is 3.29. The molecule has 1 aliphatic rings. The average Bonchev–Trinajstić information content (AvgIpc) is 3.27. The van der Waals surface area contributed by atoms with Crippen molar-refractivity contribution in [3.8, 4) is 6.07 Å². The molecule has 1 N–H and O–H groups in total. The minimum absolute atomic E-state index is 0.414. The highest BCUT2D eigenvalue weighted by atomic mass is 15.1. The second-order valence-corrected chi connectivity index (χ2v) is 6.21.